The van der Waals surface area contributed by atoms with Crippen molar-refractivity contribution in [2.75, 3.05) is 0 Å². The highest BCUT2D eigenvalue weighted by Gasteiger charge is 2.59. The number of hydrogen-bond donors (Lipinski definition) is 2. The van der Waals surface area contributed by atoms with Crippen LogP contribution in [0.25, 0.3) is 0 Å². The third-order valence-electron chi connectivity index (χ3n) is 4.82. The molecule has 0 aromatic heterocycles. The predicted octanol–water partition coefficient (Wildman–Crippen LogP) is 2.46. The van der Waals surface area contributed by atoms with Gasteiger partial charge in [0.05, 0.1) is 0 Å². The van der Waals surface area contributed by atoms with E-state index in [4.69, 9.17) is 0 Å². The number of hydrogen-bond acceptors (Lipinski definition) is 2. The van der Waals surface area contributed by atoms with E-state index in [1.807, 2.05) is 0 Å². The Kier molecular flexibility index (Phi) is 2.11. The minimum absolute atomic E-state index is 0.728. The zero-order chi connectivity index (χ0) is 11.4. The van der Waals surface area contributed by atoms with Crippen molar-refractivity contribution in [3.63, 3.8) is 0 Å². The quantitative estimate of drug-likeness (QED) is 0.616. The summed E-state index contributed by atoms with van der Waals surface area (Å²) in [6.45, 7) is 2.11. The molecule has 0 aromatic rings. The van der Waals surface area contributed by atoms with Gasteiger partial charge in [-0.05, 0) is 63.0 Å². The number of aliphatic hydroxyl groups is 2. The summed E-state index contributed by atoms with van der Waals surface area (Å²) in [6, 6.07) is 0. The monoisotopic (exact) mass is 220 g/mol. The molecule has 0 heterocycles. The first-order chi connectivity index (χ1) is 7.58. The zero-order valence-corrected chi connectivity index (χ0v) is 9.92. The van der Waals surface area contributed by atoms with Crippen LogP contribution in [0.3, 0.4) is 0 Å². The van der Waals surface area contributed by atoms with Crippen molar-refractivity contribution in [2.24, 2.45) is 0 Å². The topological polar surface area (TPSA) is 40.5 Å². The van der Waals surface area contributed by atoms with Crippen LogP contribution < -0.4 is 0 Å². The Bertz CT molecular complexity index is 394. The summed E-state index contributed by atoms with van der Waals surface area (Å²) in [4.78, 5) is 0. The van der Waals surface area contributed by atoms with E-state index in [0.29, 0.717) is 0 Å². The maximum absolute atomic E-state index is 10.9. The third kappa shape index (κ3) is 1.09. The molecule has 0 bridgehead atoms. The lowest BCUT2D eigenvalue weighted by Gasteiger charge is -2.43. The molecular weight excluding hydrogens is 200 g/mol. The van der Waals surface area contributed by atoms with Crippen LogP contribution in [0.4, 0.5) is 0 Å². The summed E-state index contributed by atoms with van der Waals surface area (Å²) in [6.07, 6.45) is 8.55. The van der Waals surface area contributed by atoms with E-state index >= 15 is 0 Å². The van der Waals surface area contributed by atoms with Crippen LogP contribution in [0.15, 0.2) is 22.8 Å². The summed E-state index contributed by atoms with van der Waals surface area (Å²) >= 11 is 0. The highest BCUT2D eigenvalue weighted by Crippen LogP contribution is 2.56. The molecule has 2 heteroatoms. The highest BCUT2D eigenvalue weighted by atomic mass is 16.4. The molecule has 2 atom stereocenters. The largest absolute Gasteiger partial charge is 0.382 e. The minimum atomic E-state index is -0.943. The van der Waals surface area contributed by atoms with Gasteiger partial charge < -0.3 is 10.2 Å². The van der Waals surface area contributed by atoms with Crippen molar-refractivity contribution in [3.8, 4) is 0 Å². The van der Waals surface area contributed by atoms with Gasteiger partial charge in [-0.25, -0.2) is 0 Å². The Morgan fingerprint density at radius 3 is 2.69 bits per heavy atom. The van der Waals surface area contributed by atoms with E-state index in [1.54, 1.807) is 0 Å². The summed E-state index contributed by atoms with van der Waals surface area (Å²) in [5.74, 6) is 0. The molecule has 0 spiro atoms. The Morgan fingerprint density at radius 2 is 1.88 bits per heavy atom. The van der Waals surface area contributed by atoms with Crippen LogP contribution in [0.1, 0.15) is 51.9 Å². The van der Waals surface area contributed by atoms with Crippen molar-refractivity contribution >= 4 is 0 Å². The molecule has 3 aliphatic rings. The molecule has 0 aliphatic heterocycles. The Balaban J connectivity index is 2.17. The van der Waals surface area contributed by atoms with Crippen molar-refractivity contribution in [1.29, 1.82) is 0 Å². The van der Waals surface area contributed by atoms with Crippen LogP contribution in [0.5, 0.6) is 0 Å². The lowest BCUT2D eigenvalue weighted by Crippen LogP contribution is -2.53. The fourth-order valence-corrected chi connectivity index (χ4v) is 3.86. The van der Waals surface area contributed by atoms with Crippen molar-refractivity contribution in [2.45, 2.75) is 63.1 Å². The first kappa shape index (κ1) is 10.5. The van der Waals surface area contributed by atoms with Crippen LogP contribution in [0, 0.1) is 0 Å². The second-order valence-electron chi connectivity index (χ2n) is 5.63. The van der Waals surface area contributed by atoms with E-state index in [9.17, 15) is 10.2 Å². The van der Waals surface area contributed by atoms with E-state index in [-0.39, 0.29) is 0 Å². The second kappa shape index (κ2) is 3.21. The maximum Gasteiger partial charge on any atom is 0.119 e. The number of allylic oxidation sites excluding steroid dienone is 2. The zero-order valence-electron chi connectivity index (χ0n) is 9.92. The minimum Gasteiger partial charge on any atom is -0.382 e. The van der Waals surface area contributed by atoms with Gasteiger partial charge in [-0.1, -0.05) is 11.6 Å². The maximum atomic E-state index is 10.9. The first-order valence-corrected chi connectivity index (χ1v) is 6.41. The van der Waals surface area contributed by atoms with Crippen LogP contribution >= 0.6 is 0 Å². The molecule has 0 unspecified atom stereocenters. The Morgan fingerprint density at radius 1 is 1.12 bits per heavy atom. The average Bonchev–Trinajstić information content (AvgIpc) is 2.49. The molecule has 3 aliphatic carbocycles. The molecule has 0 amide bonds. The van der Waals surface area contributed by atoms with Gasteiger partial charge in [0.2, 0.25) is 0 Å². The molecular formula is C14H20O2. The Hall–Kier alpha value is -0.600. The van der Waals surface area contributed by atoms with Gasteiger partial charge in [-0.15, -0.1) is 0 Å². The van der Waals surface area contributed by atoms with E-state index in [2.05, 4.69) is 13.0 Å². The van der Waals surface area contributed by atoms with Gasteiger partial charge in [-0.2, -0.15) is 0 Å². The normalized spacial score (nSPS) is 42.8. The first-order valence-electron chi connectivity index (χ1n) is 6.41. The van der Waals surface area contributed by atoms with Gasteiger partial charge in [0.1, 0.15) is 11.2 Å². The lowest BCUT2D eigenvalue weighted by molar-refractivity contribution is -0.107. The SMILES string of the molecule is CC1=C2CC3=CCCC[C@]3(O)[C@@]2(O)CCC1. The number of fused-ring (bicyclic) bond motifs is 3. The molecule has 0 radical (unpaired) electrons. The molecule has 0 saturated heterocycles. The van der Waals surface area contributed by atoms with Gasteiger partial charge in [0, 0.05) is 0 Å². The summed E-state index contributed by atoms with van der Waals surface area (Å²) in [7, 11) is 0. The van der Waals surface area contributed by atoms with E-state index < -0.39 is 11.2 Å². The standard InChI is InChI=1S/C14H20O2/c1-10-5-4-8-14(16)12(10)9-11-6-2-3-7-13(11,14)15/h6,15-16H,2-5,7-9H2,1H3/t13-,14-/m1/s1. The molecule has 88 valence electrons. The summed E-state index contributed by atoms with van der Waals surface area (Å²) in [5.41, 5.74) is 1.62. The molecule has 16 heavy (non-hydrogen) atoms. The van der Waals surface area contributed by atoms with Crippen molar-refractivity contribution < 1.29 is 10.2 Å². The molecule has 0 aromatic carbocycles. The molecule has 3 rings (SSSR count). The van der Waals surface area contributed by atoms with Crippen LogP contribution in [-0.2, 0) is 0 Å². The van der Waals surface area contributed by atoms with Gasteiger partial charge in [0.15, 0.2) is 0 Å². The van der Waals surface area contributed by atoms with Gasteiger partial charge >= 0.3 is 0 Å². The average molecular weight is 220 g/mol. The van der Waals surface area contributed by atoms with Crippen molar-refractivity contribution in [3.05, 3.63) is 22.8 Å². The van der Waals surface area contributed by atoms with E-state index in [0.717, 1.165) is 56.1 Å². The van der Waals surface area contributed by atoms with Crippen LogP contribution in [-0.4, -0.2) is 21.4 Å². The van der Waals surface area contributed by atoms with E-state index in [1.165, 1.54) is 5.57 Å². The van der Waals surface area contributed by atoms with Gasteiger partial charge in [0.25, 0.3) is 0 Å². The molecule has 2 nitrogen and oxygen atoms in total. The fraction of sp³-hybridized carbons (Fsp3) is 0.714. The number of rotatable bonds is 0. The smallest absolute Gasteiger partial charge is 0.119 e. The summed E-state index contributed by atoms with van der Waals surface area (Å²) < 4.78 is 0. The van der Waals surface area contributed by atoms with Crippen molar-refractivity contribution in [1.82, 2.24) is 0 Å². The highest BCUT2D eigenvalue weighted by molar-refractivity contribution is 5.48. The second-order valence-corrected chi connectivity index (χ2v) is 5.63. The molecule has 2 N–H and O–H groups in total. The molecule has 1 fully saturated rings. The lowest BCUT2D eigenvalue weighted by atomic mass is 9.71. The molecule has 1 saturated carbocycles. The third-order valence-corrected chi connectivity index (χ3v) is 4.82. The summed E-state index contributed by atoms with van der Waals surface area (Å²) in [5, 5.41) is 21.7. The predicted molar refractivity (Wildman–Crippen MR) is 63.0 cm³/mol. The van der Waals surface area contributed by atoms with Gasteiger partial charge in [-0.3, -0.25) is 0 Å². The Labute approximate surface area is 96.7 Å². The fourth-order valence-electron chi connectivity index (χ4n) is 3.86. The van der Waals surface area contributed by atoms with Crippen LogP contribution in [0.2, 0.25) is 0 Å².